The van der Waals surface area contributed by atoms with Gasteiger partial charge in [0.25, 0.3) is 5.91 Å². The number of carbonyl (C=O) groups excluding carboxylic acids is 1. The Morgan fingerprint density at radius 1 is 1.29 bits per heavy atom. The molecule has 1 N–H and O–H groups in total. The summed E-state index contributed by atoms with van der Waals surface area (Å²) in [6.07, 6.45) is -0.277. The van der Waals surface area contributed by atoms with Crippen molar-refractivity contribution in [1.82, 2.24) is 5.32 Å². The molecule has 112 valence electrons. The predicted octanol–water partition coefficient (Wildman–Crippen LogP) is 3.53. The molecule has 21 heavy (non-hydrogen) atoms. The number of ether oxygens (including phenoxy) is 2. The van der Waals surface area contributed by atoms with Crippen LogP contribution in [0.2, 0.25) is 4.34 Å². The first-order chi connectivity index (χ1) is 10.2. The maximum Gasteiger partial charge on any atom is 0.261 e. The lowest BCUT2D eigenvalue weighted by atomic mass is 10.1. The van der Waals surface area contributed by atoms with Gasteiger partial charge in [-0.2, -0.15) is 0 Å². The molecule has 2 rings (SSSR count). The van der Waals surface area contributed by atoms with E-state index in [9.17, 15) is 4.79 Å². The highest BCUT2D eigenvalue weighted by molar-refractivity contribution is 7.17. The third-order valence-corrected chi connectivity index (χ3v) is 4.25. The molecule has 1 heterocycles. The van der Waals surface area contributed by atoms with Crippen molar-refractivity contribution in [2.24, 2.45) is 0 Å². The first kappa shape index (κ1) is 15.8. The summed E-state index contributed by atoms with van der Waals surface area (Å²) in [6, 6.07) is 11.0. The van der Waals surface area contributed by atoms with Crippen molar-refractivity contribution in [3.63, 3.8) is 0 Å². The molecule has 4 nitrogen and oxygen atoms in total. The minimum absolute atomic E-state index is 0.163. The van der Waals surface area contributed by atoms with Crippen LogP contribution in [0.3, 0.4) is 0 Å². The maximum atomic E-state index is 12.0. The zero-order valence-corrected chi connectivity index (χ0v) is 13.3. The van der Waals surface area contributed by atoms with Crippen molar-refractivity contribution >= 4 is 28.8 Å². The Bertz CT molecular complexity index is 614. The third-order valence-electron chi connectivity index (χ3n) is 3.02. The SMILES string of the molecule is COc1ccccc1[C@H](CNC(=O)c1ccc(Cl)s1)OC. The predicted molar refractivity (Wildman–Crippen MR) is 84.4 cm³/mol. The Balaban J connectivity index is 2.04. The molecule has 0 aliphatic carbocycles. The Morgan fingerprint density at radius 2 is 2.05 bits per heavy atom. The summed E-state index contributed by atoms with van der Waals surface area (Å²) in [6.45, 7) is 0.352. The number of benzene rings is 1. The Kier molecular flexibility index (Phi) is 5.61. The lowest BCUT2D eigenvalue weighted by Gasteiger charge is -2.18. The Hall–Kier alpha value is -1.56. The smallest absolute Gasteiger partial charge is 0.261 e. The summed E-state index contributed by atoms with van der Waals surface area (Å²) in [7, 11) is 3.21. The van der Waals surface area contributed by atoms with E-state index in [1.165, 1.54) is 11.3 Å². The van der Waals surface area contributed by atoms with E-state index < -0.39 is 0 Å². The quantitative estimate of drug-likeness (QED) is 0.884. The molecule has 0 unspecified atom stereocenters. The van der Waals surface area contributed by atoms with Gasteiger partial charge in [-0.15, -0.1) is 11.3 Å². The fourth-order valence-corrected chi connectivity index (χ4v) is 2.92. The van der Waals surface area contributed by atoms with Crippen molar-refractivity contribution in [3.05, 3.63) is 51.2 Å². The topological polar surface area (TPSA) is 47.6 Å². The third kappa shape index (κ3) is 3.97. The Labute approximate surface area is 132 Å². The van der Waals surface area contributed by atoms with Gasteiger partial charge in [0.2, 0.25) is 0 Å². The molecule has 0 bridgehead atoms. The number of thiophene rings is 1. The van der Waals surface area contributed by atoms with Crippen LogP contribution >= 0.6 is 22.9 Å². The molecule has 1 amide bonds. The molecule has 0 saturated heterocycles. The summed E-state index contributed by atoms with van der Waals surface area (Å²) in [5, 5.41) is 2.85. The van der Waals surface area contributed by atoms with E-state index in [0.29, 0.717) is 15.8 Å². The van der Waals surface area contributed by atoms with Crippen LogP contribution in [-0.4, -0.2) is 26.7 Å². The number of rotatable bonds is 6. The molecule has 1 atom stereocenters. The van der Waals surface area contributed by atoms with Crippen LogP contribution in [0.25, 0.3) is 0 Å². The van der Waals surface area contributed by atoms with E-state index in [0.717, 1.165) is 11.3 Å². The average Bonchev–Trinajstić information content (AvgIpc) is 2.94. The largest absolute Gasteiger partial charge is 0.496 e. The number of hydrogen-bond acceptors (Lipinski definition) is 4. The lowest BCUT2D eigenvalue weighted by Crippen LogP contribution is -2.28. The van der Waals surface area contributed by atoms with Gasteiger partial charge < -0.3 is 14.8 Å². The fraction of sp³-hybridized carbons (Fsp3) is 0.267. The van der Waals surface area contributed by atoms with Crippen LogP contribution in [0.15, 0.2) is 36.4 Å². The van der Waals surface area contributed by atoms with Crippen LogP contribution < -0.4 is 10.1 Å². The van der Waals surface area contributed by atoms with Gasteiger partial charge in [0, 0.05) is 19.2 Å². The molecular formula is C15H16ClNO3S. The zero-order chi connectivity index (χ0) is 15.2. The molecule has 0 saturated carbocycles. The average molecular weight is 326 g/mol. The van der Waals surface area contributed by atoms with Gasteiger partial charge in [-0.25, -0.2) is 0 Å². The van der Waals surface area contributed by atoms with E-state index in [4.69, 9.17) is 21.1 Å². The monoisotopic (exact) mass is 325 g/mol. The van der Waals surface area contributed by atoms with Gasteiger partial charge >= 0.3 is 0 Å². The summed E-state index contributed by atoms with van der Waals surface area (Å²) in [4.78, 5) is 12.6. The lowest BCUT2D eigenvalue weighted by molar-refractivity contribution is 0.0822. The minimum atomic E-state index is -0.277. The zero-order valence-electron chi connectivity index (χ0n) is 11.8. The normalized spacial score (nSPS) is 12.0. The molecular weight excluding hydrogens is 310 g/mol. The highest BCUT2D eigenvalue weighted by atomic mass is 35.5. The molecule has 0 fully saturated rings. The number of halogens is 1. The molecule has 0 radical (unpaired) electrons. The molecule has 0 aliphatic rings. The van der Waals surface area contributed by atoms with Crippen LogP contribution in [-0.2, 0) is 4.74 Å². The van der Waals surface area contributed by atoms with Gasteiger partial charge in [0.05, 0.1) is 16.3 Å². The number of carbonyl (C=O) groups is 1. The second-order valence-electron chi connectivity index (χ2n) is 4.28. The molecule has 2 aromatic rings. The Morgan fingerprint density at radius 3 is 2.67 bits per heavy atom. The second-order valence-corrected chi connectivity index (χ2v) is 6.00. The second kappa shape index (κ2) is 7.45. The molecule has 0 spiro atoms. The number of amides is 1. The summed E-state index contributed by atoms with van der Waals surface area (Å²) in [5.41, 5.74) is 0.895. The fourth-order valence-electron chi connectivity index (χ4n) is 1.96. The van der Waals surface area contributed by atoms with Crippen molar-refractivity contribution in [3.8, 4) is 5.75 Å². The van der Waals surface area contributed by atoms with E-state index in [2.05, 4.69) is 5.32 Å². The molecule has 1 aromatic carbocycles. The highest BCUT2D eigenvalue weighted by Crippen LogP contribution is 2.27. The van der Waals surface area contributed by atoms with Gasteiger partial charge in [-0.3, -0.25) is 4.79 Å². The molecule has 1 aromatic heterocycles. The van der Waals surface area contributed by atoms with Crippen LogP contribution in [0, 0.1) is 0 Å². The molecule has 0 aliphatic heterocycles. The molecule has 6 heteroatoms. The van der Waals surface area contributed by atoms with Gasteiger partial charge in [0.15, 0.2) is 0 Å². The summed E-state index contributed by atoms with van der Waals surface area (Å²) >= 11 is 7.07. The van der Waals surface area contributed by atoms with E-state index in [1.807, 2.05) is 24.3 Å². The van der Waals surface area contributed by atoms with E-state index >= 15 is 0 Å². The van der Waals surface area contributed by atoms with Gasteiger partial charge in [0.1, 0.15) is 11.9 Å². The van der Waals surface area contributed by atoms with Crippen molar-refractivity contribution < 1.29 is 14.3 Å². The van der Waals surface area contributed by atoms with Crippen LogP contribution in [0.5, 0.6) is 5.75 Å². The standard InChI is InChI=1S/C15H16ClNO3S/c1-19-11-6-4-3-5-10(11)12(20-2)9-17-15(18)13-7-8-14(16)21-13/h3-8,12H,9H2,1-2H3,(H,17,18)/t12-/m0/s1. The first-order valence-corrected chi connectivity index (χ1v) is 7.54. The number of methoxy groups -OCH3 is 2. The van der Waals surface area contributed by atoms with E-state index in [1.54, 1.807) is 26.4 Å². The van der Waals surface area contributed by atoms with E-state index in [-0.39, 0.29) is 12.0 Å². The summed E-state index contributed by atoms with van der Waals surface area (Å²) < 4.78 is 11.4. The maximum absolute atomic E-state index is 12.0. The minimum Gasteiger partial charge on any atom is -0.496 e. The number of hydrogen-bond donors (Lipinski definition) is 1. The van der Waals surface area contributed by atoms with Crippen molar-refractivity contribution in [2.45, 2.75) is 6.10 Å². The van der Waals surface area contributed by atoms with Crippen molar-refractivity contribution in [2.75, 3.05) is 20.8 Å². The first-order valence-electron chi connectivity index (χ1n) is 6.35. The van der Waals surface area contributed by atoms with Crippen LogP contribution in [0.1, 0.15) is 21.3 Å². The number of nitrogens with one attached hydrogen (secondary N) is 1. The van der Waals surface area contributed by atoms with Gasteiger partial charge in [-0.1, -0.05) is 29.8 Å². The van der Waals surface area contributed by atoms with Crippen LogP contribution in [0.4, 0.5) is 0 Å². The number of para-hydroxylation sites is 1. The van der Waals surface area contributed by atoms with Gasteiger partial charge in [-0.05, 0) is 18.2 Å². The summed E-state index contributed by atoms with van der Waals surface area (Å²) in [5.74, 6) is 0.571. The van der Waals surface area contributed by atoms with Crippen molar-refractivity contribution in [1.29, 1.82) is 0 Å². The highest BCUT2D eigenvalue weighted by Gasteiger charge is 2.17.